The largest absolute Gasteiger partial charge is 0.462 e. The molecule has 0 saturated carbocycles. The highest BCUT2D eigenvalue weighted by Crippen LogP contribution is 2.11. The summed E-state index contributed by atoms with van der Waals surface area (Å²) in [7, 11) is 0. The monoisotopic (exact) mass is 935 g/mol. The van der Waals surface area contributed by atoms with E-state index in [2.05, 4.69) is 179 Å². The maximum atomic E-state index is 12.8. The Morgan fingerprint density at radius 1 is 0.338 bits per heavy atom. The van der Waals surface area contributed by atoms with Gasteiger partial charge in [-0.3, -0.25) is 9.59 Å². The maximum Gasteiger partial charge on any atom is 0.306 e. The highest BCUT2D eigenvalue weighted by atomic mass is 16.6. The quantitative estimate of drug-likeness (QED) is 0.0346. The fraction of sp³-hybridized carbons (Fsp3) is 0.556. The fourth-order valence-electron chi connectivity index (χ4n) is 6.59. The van der Waals surface area contributed by atoms with E-state index in [4.69, 9.17) is 14.2 Å². The van der Waals surface area contributed by atoms with Gasteiger partial charge in [0.2, 0.25) is 0 Å². The Bertz CT molecular complexity index is 1520. The summed E-state index contributed by atoms with van der Waals surface area (Å²) in [4.78, 5) is 25.4. The number of carbonyl (C=O) groups is 2. The molecule has 0 rings (SSSR count). The molecule has 380 valence electrons. The summed E-state index contributed by atoms with van der Waals surface area (Å²) in [6.45, 7) is 7.33. The lowest BCUT2D eigenvalue weighted by Crippen LogP contribution is -2.30. The minimum Gasteiger partial charge on any atom is -0.462 e. The number of allylic oxidation sites excluding steroid dienone is 26. The molecule has 0 aromatic rings. The van der Waals surface area contributed by atoms with Crippen molar-refractivity contribution in [2.75, 3.05) is 19.8 Å². The van der Waals surface area contributed by atoms with E-state index in [9.17, 15) is 9.59 Å². The van der Waals surface area contributed by atoms with Crippen LogP contribution in [0.4, 0.5) is 0 Å². The molecule has 0 fully saturated rings. The fourth-order valence-corrected chi connectivity index (χ4v) is 6.59. The lowest BCUT2D eigenvalue weighted by atomic mass is 10.1. The van der Waals surface area contributed by atoms with E-state index >= 15 is 0 Å². The van der Waals surface area contributed by atoms with Gasteiger partial charge in [0.05, 0.1) is 6.61 Å². The Morgan fingerprint density at radius 2 is 0.676 bits per heavy atom. The Labute approximate surface area is 418 Å². The third-order valence-electron chi connectivity index (χ3n) is 10.5. The number of hydrogen-bond acceptors (Lipinski definition) is 5. The van der Waals surface area contributed by atoms with Crippen LogP contribution in [-0.2, 0) is 23.8 Å². The van der Waals surface area contributed by atoms with E-state index < -0.39 is 6.10 Å². The molecule has 0 aromatic carbocycles. The highest BCUT2D eigenvalue weighted by molar-refractivity contribution is 5.70. The zero-order chi connectivity index (χ0) is 49.2. The summed E-state index contributed by atoms with van der Waals surface area (Å²) in [6, 6.07) is 0. The van der Waals surface area contributed by atoms with Crippen LogP contribution in [0.25, 0.3) is 0 Å². The molecule has 0 spiro atoms. The van der Waals surface area contributed by atoms with Gasteiger partial charge >= 0.3 is 11.9 Å². The molecule has 0 bridgehead atoms. The first kappa shape index (κ1) is 63.5. The lowest BCUT2D eigenvalue weighted by Gasteiger charge is -2.18. The van der Waals surface area contributed by atoms with Crippen LogP contribution in [0.3, 0.4) is 0 Å². The SMILES string of the molecule is CC/C=C\C/C=C\C/C=C\C/C=C\C/C=C\C/C=C\CCCOCC(COC(=O)CCC/C=C\C/C=C\C/C=C\C/C=C\C/C=C\CC)OC(=O)CCCCCCC/C=C\C/C=C\CCCCC. The van der Waals surface area contributed by atoms with Crippen LogP contribution in [0, 0.1) is 0 Å². The zero-order valence-electron chi connectivity index (χ0n) is 43.6. The van der Waals surface area contributed by atoms with Crippen LogP contribution in [0.15, 0.2) is 158 Å². The Hall–Kier alpha value is -4.48. The van der Waals surface area contributed by atoms with E-state index in [0.717, 1.165) is 128 Å². The average Bonchev–Trinajstić information content (AvgIpc) is 3.34. The molecule has 0 aromatic heterocycles. The number of carbonyl (C=O) groups excluding carboxylic acids is 2. The van der Waals surface area contributed by atoms with Crippen LogP contribution >= 0.6 is 0 Å². The predicted octanol–water partition coefficient (Wildman–Crippen LogP) is 18.7. The van der Waals surface area contributed by atoms with Crippen molar-refractivity contribution in [3.8, 4) is 0 Å². The zero-order valence-corrected chi connectivity index (χ0v) is 43.6. The molecule has 68 heavy (non-hydrogen) atoms. The van der Waals surface area contributed by atoms with Gasteiger partial charge in [-0.1, -0.05) is 211 Å². The van der Waals surface area contributed by atoms with E-state index in [1.165, 1.54) is 32.1 Å². The molecule has 0 amide bonds. The van der Waals surface area contributed by atoms with Crippen molar-refractivity contribution in [2.24, 2.45) is 0 Å². The molecular weight excluding hydrogens is 837 g/mol. The van der Waals surface area contributed by atoms with Crippen LogP contribution in [-0.4, -0.2) is 37.9 Å². The van der Waals surface area contributed by atoms with Crippen molar-refractivity contribution in [1.29, 1.82) is 0 Å². The Balaban J connectivity index is 4.53. The molecule has 5 heteroatoms. The van der Waals surface area contributed by atoms with Gasteiger partial charge in [0, 0.05) is 19.4 Å². The number of unbranched alkanes of at least 4 members (excludes halogenated alkanes) is 10. The van der Waals surface area contributed by atoms with Gasteiger partial charge in [-0.2, -0.15) is 0 Å². The molecule has 5 nitrogen and oxygen atoms in total. The van der Waals surface area contributed by atoms with E-state index in [1.54, 1.807) is 0 Å². The number of ether oxygens (including phenoxy) is 3. The number of hydrogen-bond donors (Lipinski definition) is 0. The predicted molar refractivity (Wildman–Crippen MR) is 297 cm³/mol. The van der Waals surface area contributed by atoms with E-state index in [0.29, 0.717) is 25.9 Å². The molecule has 0 heterocycles. The molecule has 0 aliphatic heterocycles. The van der Waals surface area contributed by atoms with E-state index in [-0.39, 0.29) is 25.2 Å². The molecule has 1 unspecified atom stereocenters. The van der Waals surface area contributed by atoms with Crippen LogP contribution in [0.2, 0.25) is 0 Å². The molecule has 1 atom stereocenters. The first-order chi connectivity index (χ1) is 33.6. The van der Waals surface area contributed by atoms with Crippen molar-refractivity contribution in [3.63, 3.8) is 0 Å². The van der Waals surface area contributed by atoms with Crippen molar-refractivity contribution in [3.05, 3.63) is 158 Å². The summed E-state index contributed by atoms with van der Waals surface area (Å²) in [6.07, 6.45) is 84.1. The van der Waals surface area contributed by atoms with Gasteiger partial charge in [-0.25, -0.2) is 0 Å². The second-order valence-electron chi connectivity index (χ2n) is 17.0. The molecule has 0 radical (unpaired) electrons. The van der Waals surface area contributed by atoms with E-state index in [1.807, 2.05) is 0 Å². The lowest BCUT2D eigenvalue weighted by molar-refractivity contribution is -0.162. The smallest absolute Gasteiger partial charge is 0.306 e. The molecule has 0 aliphatic carbocycles. The van der Waals surface area contributed by atoms with Gasteiger partial charge in [0.25, 0.3) is 0 Å². The molecule has 0 aliphatic rings. The Kier molecular flexibility index (Phi) is 53.1. The maximum absolute atomic E-state index is 12.8. The van der Waals surface area contributed by atoms with Crippen molar-refractivity contribution >= 4 is 11.9 Å². The third-order valence-corrected chi connectivity index (χ3v) is 10.5. The molecular formula is C63H98O5. The van der Waals surface area contributed by atoms with Gasteiger partial charge in [0.15, 0.2) is 6.10 Å². The normalized spacial score (nSPS) is 13.5. The first-order valence-electron chi connectivity index (χ1n) is 27.0. The summed E-state index contributed by atoms with van der Waals surface area (Å²) in [5.74, 6) is -0.526. The highest BCUT2D eigenvalue weighted by Gasteiger charge is 2.17. The summed E-state index contributed by atoms with van der Waals surface area (Å²) >= 11 is 0. The van der Waals surface area contributed by atoms with Crippen LogP contribution < -0.4 is 0 Å². The minimum atomic E-state index is -0.610. The summed E-state index contributed by atoms with van der Waals surface area (Å²) < 4.78 is 17.3. The molecule has 0 saturated heterocycles. The minimum absolute atomic E-state index is 0.0154. The summed E-state index contributed by atoms with van der Waals surface area (Å²) in [5, 5.41) is 0. The second-order valence-corrected chi connectivity index (χ2v) is 17.0. The topological polar surface area (TPSA) is 61.8 Å². The van der Waals surface area contributed by atoms with Crippen molar-refractivity contribution in [1.82, 2.24) is 0 Å². The van der Waals surface area contributed by atoms with Gasteiger partial charge in [-0.05, 0) is 135 Å². The van der Waals surface area contributed by atoms with Crippen LogP contribution in [0.1, 0.15) is 201 Å². The number of esters is 2. The van der Waals surface area contributed by atoms with Crippen LogP contribution in [0.5, 0.6) is 0 Å². The first-order valence-corrected chi connectivity index (χ1v) is 27.0. The van der Waals surface area contributed by atoms with Crippen molar-refractivity contribution in [2.45, 2.75) is 207 Å². The van der Waals surface area contributed by atoms with Gasteiger partial charge in [0.1, 0.15) is 6.61 Å². The molecule has 0 N–H and O–H groups in total. The summed E-state index contributed by atoms with van der Waals surface area (Å²) in [5.41, 5.74) is 0. The average molecular weight is 935 g/mol. The standard InChI is InChI=1S/C63H98O5/c1-4-7-10-13-16-19-22-25-28-30-31-32-34-37-40-43-46-49-52-55-58-66-59-61(68-63(65)57-54-51-48-45-42-39-35-27-24-21-18-15-12-9-6-3)60-67-62(64)56-53-50-47-44-41-38-36-33-29-26-23-20-17-14-11-8-5-2/h7-8,10-11,16-21,25-29,31-32,35-38,40,44,46-47,49,61H,4-6,9,12-15,22-24,30,33-34,39,41-43,45,48,50-60H2,1-3H3/b10-7-,11-8-,19-16-,20-17-,21-18-,28-25-,29-26-,32-31-,35-27-,38-36-,40-37-,47-44-,49-46-. The van der Waals surface area contributed by atoms with Gasteiger partial charge in [-0.15, -0.1) is 0 Å². The second kappa shape index (κ2) is 56.8. The number of rotatable bonds is 47. The Morgan fingerprint density at radius 3 is 1.10 bits per heavy atom. The third kappa shape index (κ3) is 54.1. The van der Waals surface area contributed by atoms with Crippen molar-refractivity contribution < 1.29 is 23.8 Å². The van der Waals surface area contributed by atoms with Gasteiger partial charge < -0.3 is 14.2 Å².